The van der Waals surface area contributed by atoms with Crippen LogP contribution in [0.5, 0.6) is 0 Å². The molecule has 134 valence electrons. The lowest BCUT2D eigenvalue weighted by Gasteiger charge is -2.48. The second-order valence-electron chi connectivity index (χ2n) is 7.49. The third kappa shape index (κ3) is 2.29. The molecule has 1 aromatic rings. The lowest BCUT2D eigenvalue weighted by Crippen LogP contribution is -2.51. The summed E-state index contributed by atoms with van der Waals surface area (Å²) in [5.41, 5.74) is 7.01. The van der Waals surface area contributed by atoms with Crippen LogP contribution >= 0.6 is 15.9 Å². The molecular formula is C21H18BrN5. The smallest absolute Gasteiger partial charge is 0.191 e. The number of fused-ring (bicyclic) bond motifs is 4. The molecule has 27 heavy (non-hydrogen) atoms. The maximum absolute atomic E-state index is 10.1. The monoisotopic (exact) mass is 419 g/mol. The van der Waals surface area contributed by atoms with Crippen molar-refractivity contribution in [1.82, 2.24) is 4.90 Å². The van der Waals surface area contributed by atoms with E-state index in [1.165, 1.54) is 0 Å². The van der Waals surface area contributed by atoms with Crippen LogP contribution in [0.4, 0.5) is 0 Å². The van der Waals surface area contributed by atoms with Crippen molar-refractivity contribution in [3.63, 3.8) is 0 Å². The number of benzene rings is 1. The van der Waals surface area contributed by atoms with E-state index >= 15 is 0 Å². The van der Waals surface area contributed by atoms with Gasteiger partial charge in [-0.3, -0.25) is 4.90 Å². The molecule has 6 heteroatoms. The number of nitrogens with two attached hydrogens (primary N) is 1. The van der Waals surface area contributed by atoms with Crippen molar-refractivity contribution < 1.29 is 0 Å². The summed E-state index contributed by atoms with van der Waals surface area (Å²) in [7, 11) is 2.09. The molecule has 4 atom stereocenters. The number of rotatable bonds is 1. The molecule has 1 aliphatic carbocycles. The highest BCUT2D eigenvalue weighted by atomic mass is 79.9. The number of allylic oxidation sites excluding steroid dienone is 2. The van der Waals surface area contributed by atoms with Crippen molar-refractivity contribution in [3.8, 4) is 18.2 Å². The molecular weight excluding hydrogens is 402 g/mol. The molecule has 1 saturated heterocycles. The van der Waals surface area contributed by atoms with Gasteiger partial charge in [0.25, 0.3) is 0 Å². The lowest BCUT2D eigenvalue weighted by molar-refractivity contribution is 0.160. The minimum absolute atomic E-state index is 0.0920. The summed E-state index contributed by atoms with van der Waals surface area (Å²) in [6.07, 6.45) is 4.12. The molecule has 2 aliphatic heterocycles. The Labute approximate surface area is 167 Å². The predicted octanol–water partition coefficient (Wildman–Crippen LogP) is 3.34. The molecule has 2 heterocycles. The largest absolute Gasteiger partial charge is 0.399 e. The number of halogens is 1. The number of likely N-dealkylation sites (N-methyl/N-ethyl adjacent to an activating group) is 1. The predicted molar refractivity (Wildman–Crippen MR) is 104 cm³/mol. The highest BCUT2D eigenvalue weighted by Crippen LogP contribution is 2.58. The molecule has 0 amide bonds. The van der Waals surface area contributed by atoms with Crippen LogP contribution in [0.2, 0.25) is 0 Å². The normalized spacial score (nSPS) is 31.3. The minimum Gasteiger partial charge on any atom is -0.399 e. The zero-order valence-corrected chi connectivity index (χ0v) is 16.4. The van der Waals surface area contributed by atoms with E-state index in [1.54, 1.807) is 0 Å². The summed E-state index contributed by atoms with van der Waals surface area (Å²) in [5, 5.41) is 30.0. The molecule has 0 saturated carbocycles. The topological polar surface area (TPSA) is 101 Å². The SMILES string of the molecule is CN1[C@@H]2CC[C@@H]1C=C1C(C#N)=C(N)C(C#N)(C#N)[C@H](c3ccc(Br)cc3)[C@H]12. The Bertz CT molecular complexity index is 971. The van der Waals surface area contributed by atoms with E-state index in [0.717, 1.165) is 28.5 Å². The molecule has 0 unspecified atom stereocenters. The molecule has 1 aromatic carbocycles. The molecule has 5 nitrogen and oxygen atoms in total. The maximum Gasteiger partial charge on any atom is 0.191 e. The summed E-state index contributed by atoms with van der Waals surface area (Å²) in [6, 6.07) is 14.8. The Morgan fingerprint density at radius 2 is 1.81 bits per heavy atom. The maximum atomic E-state index is 10.1. The average Bonchev–Trinajstić information content (AvgIpc) is 2.91. The Morgan fingerprint density at radius 3 is 2.41 bits per heavy atom. The Morgan fingerprint density at radius 1 is 1.15 bits per heavy atom. The molecule has 3 aliphatic rings. The summed E-state index contributed by atoms with van der Waals surface area (Å²) in [5.74, 6) is -0.536. The van der Waals surface area contributed by atoms with Crippen molar-refractivity contribution in [2.75, 3.05) is 7.05 Å². The zero-order valence-electron chi connectivity index (χ0n) is 14.9. The van der Waals surface area contributed by atoms with Crippen LogP contribution in [-0.4, -0.2) is 24.0 Å². The molecule has 0 aromatic heterocycles. The van der Waals surface area contributed by atoms with Crippen LogP contribution in [0.25, 0.3) is 0 Å². The van der Waals surface area contributed by atoms with Gasteiger partial charge in [0.2, 0.25) is 0 Å². The van der Waals surface area contributed by atoms with E-state index in [1.807, 2.05) is 24.3 Å². The zero-order chi connectivity index (χ0) is 19.3. The molecule has 2 N–H and O–H groups in total. The van der Waals surface area contributed by atoms with Crippen molar-refractivity contribution in [3.05, 3.63) is 57.2 Å². The fourth-order valence-electron chi connectivity index (χ4n) is 5.13. The first kappa shape index (κ1) is 17.8. The van der Waals surface area contributed by atoms with Crippen LogP contribution in [-0.2, 0) is 0 Å². The Balaban J connectivity index is 2.04. The summed E-state index contributed by atoms with van der Waals surface area (Å²) in [4.78, 5) is 2.32. The second kappa shape index (κ2) is 6.24. The van der Waals surface area contributed by atoms with Gasteiger partial charge in [0.15, 0.2) is 5.41 Å². The van der Waals surface area contributed by atoms with E-state index in [4.69, 9.17) is 5.73 Å². The van der Waals surface area contributed by atoms with Gasteiger partial charge in [-0.1, -0.05) is 34.1 Å². The van der Waals surface area contributed by atoms with Crippen molar-refractivity contribution in [2.24, 2.45) is 17.1 Å². The highest BCUT2D eigenvalue weighted by molar-refractivity contribution is 9.10. The molecule has 4 rings (SSSR count). The van der Waals surface area contributed by atoms with Gasteiger partial charge >= 0.3 is 0 Å². The first-order chi connectivity index (χ1) is 13.0. The van der Waals surface area contributed by atoms with Crippen LogP contribution < -0.4 is 5.73 Å². The van der Waals surface area contributed by atoms with Crippen LogP contribution in [0.15, 0.2) is 51.7 Å². The average molecular weight is 420 g/mol. The Kier molecular flexibility index (Phi) is 4.11. The van der Waals surface area contributed by atoms with Gasteiger partial charge < -0.3 is 5.73 Å². The third-order valence-corrected chi connectivity index (χ3v) is 6.98. The second-order valence-corrected chi connectivity index (χ2v) is 8.40. The van der Waals surface area contributed by atoms with E-state index < -0.39 is 11.3 Å². The molecule has 0 radical (unpaired) electrons. The summed E-state index contributed by atoms with van der Waals surface area (Å²) < 4.78 is 0.931. The van der Waals surface area contributed by atoms with E-state index in [9.17, 15) is 15.8 Å². The highest BCUT2D eigenvalue weighted by Gasteiger charge is 2.58. The summed E-state index contributed by atoms with van der Waals surface area (Å²) >= 11 is 3.45. The minimum atomic E-state index is -1.56. The van der Waals surface area contributed by atoms with Crippen molar-refractivity contribution in [1.29, 1.82) is 15.8 Å². The fourth-order valence-corrected chi connectivity index (χ4v) is 5.40. The number of hydrogen-bond donors (Lipinski definition) is 1. The van der Waals surface area contributed by atoms with Gasteiger partial charge in [-0.05, 0) is 43.2 Å². The molecule has 0 spiro atoms. The third-order valence-electron chi connectivity index (χ3n) is 6.45. The number of hydrogen-bond acceptors (Lipinski definition) is 5. The van der Waals surface area contributed by atoms with Gasteiger partial charge in [-0.25, -0.2) is 0 Å². The quantitative estimate of drug-likeness (QED) is 0.751. The lowest BCUT2D eigenvalue weighted by atomic mass is 9.56. The van der Waals surface area contributed by atoms with E-state index in [2.05, 4.69) is 52.2 Å². The van der Waals surface area contributed by atoms with Crippen molar-refractivity contribution >= 4 is 15.9 Å². The van der Waals surface area contributed by atoms with Gasteiger partial charge in [0.05, 0.1) is 23.4 Å². The molecule has 2 bridgehead atoms. The fraction of sp³-hybridized carbons (Fsp3) is 0.381. The molecule has 1 fully saturated rings. The summed E-state index contributed by atoms with van der Waals surface area (Å²) in [6.45, 7) is 0. The number of nitrogens with zero attached hydrogens (tertiary/aromatic N) is 4. The van der Waals surface area contributed by atoms with Gasteiger partial charge in [0.1, 0.15) is 6.07 Å². The standard InChI is InChI=1S/C21H18BrN5/c1-27-14-6-7-17(27)18-15(8-14)16(9-23)20(26)21(10-24,11-25)19(18)12-2-4-13(22)5-3-12/h2-5,8,14,17-19H,6-7,26H2,1H3/t14-,17-,18-,19-/m1/s1. The Hall–Kier alpha value is -2.59. The van der Waals surface area contributed by atoms with Crippen LogP contribution in [0.1, 0.15) is 24.3 Å². The van der Waals surface area contributed by atoms with Crippen LogP contribution in [0.3, 0.4) is 0 Å². The van der Waals surface area contributed by atoms with Gasteiger partial charge in [-0.2, -0.15) is 15.8 Å². The van der Waals surface area contributed by atoms with Crippen molar-refractivity contribution in [2.45, 2.75) is 30.8 Å². The van der Waals surface area contributed by atoms with Gasteiger partial charge in [-0.15, -0.1) is 0 Å². The first-order valence-electron chi connectivity index (χ1n) is 8.90. The first-order valence-corrected chi connectivity index (χ1v) is 9.70. The van der Waals surface area contributed by atoms with Gasteiger partial charge in [0, 0.05) is 28.4 Å². The number of nitriles is 3. The van der Waals surface area contributed by atoms with Crippen LogP contribution in [0, 0.1) is 45.3 Å². The van der Waals surface area contributed by atoms with E-state index in [0.29, 0.717) is 5.57 Å². The van der Waals surface area contributed by atoms with E-state index in [-0.39, 0.29) is 23.7 Å².